The molecule has 1 amide bonds. The van der Waals surface area contributed by atoms with E-state index in [1.807, 2.05) is 0 Å². The van der Waals surface area contributed by atoms with Gasteiger partial charge in [-0.15, -0.1) is 0 Å². The SMILES string of the molecule is CC(=O)NC(C)c1cnc(OCc2c(F)cc(Oc3cccc(OCC4CC4)c3)cc2F)c(C(F)(F)F)c1. The Labute approximate surface area is 215 Å². The minimum Gasteiger partial charge on any atom is -0.493 e. The van der Waals surface area contributed by atoms with Gasteiger partial charge in [0.1, 0.15) is 41.1 Å². The average molecular weight is 536 g/mol. The van der Waals surface area contributed by atoms with Crippen molar-refractivity contribution in [3.05, 3.63) is 77.0 Å². The number of hydrogen-bond acceptors (Lipinski definition) is 5. The number of halogens is 5. The fraction of sp³-hybridized carbons (Fsp3) is 0.333. The highest BCUT2D eigenvalue weighted by atomic mass is 19.4. The van der Waals surface area contributed by atoms with Crippen LogP contribution in [0.4, 0.5) is 22.0 Å². The second-order valence-electron chi connectivity index (χ2n) is 9.03. The lowest BCUT2D eigenvalue weighted by Crippen LogP contribution is -2.24. The van der Waals surface area contributed by atoms with Crippen LogP contribution in [0, 0.1) is 17.6 Å². The number of hydrogen-bond donors (Lipinski definition) is 1. The molecule has 0 spiro atoms. The molecular formula is C27H25F5N2O4. The van der Waals surface area contributed by atoms with Crippen molar-refractivity contribution in [3.63, 3.8) is 0 Å². The van der Waals surface area contributed by atoms with Crippen LogP contribution in [-0.4, -0.2) is 17.5 Å². The molecule has 1 aliphatic carbocycles. The van der Waals surface area contributed by atoms with Gasteiger partial charge in [-0.2, -0.15) is 13.2 Å². The van der Waals surface area contributed by atoms with Gasteiger partial charge in [0.2, 0.25) is 11.8 Å². The van der Waals surface area contributed by atoms with Crippen LogP contribution in [-0.2, 0) is 17.6 Å². The zero-order chi connectivity index (χ0) is 27.4. The van der Waals surface area contributed by atoms with Crippen molar-refractivity contribution in [2.45, 2.75) is 45.5 Å². The Morgan fingerprint density at radius 2 is 1.74 bits per heavy atom. The highest BCUT2D eigenvalue weighted by Gasteiger charge is 2.36. The molecule has 1 aromatic heterocycles. The molecule has 1 aliphatic rings. The number of aromatic nitrogens is 1. The Hall–Kier alpha value is -3.89. The Bertz CT molecular complexity index is 1290. The summed E-state index contributed by atoms with van der Waals surface area (Å²) in [5.74, 6) is -2.15. The summed E-state index contributed by atoms with van der Waals surface area (Å²) in [6, 6.07) is 8.46. The summed E-state index contributed by atoms with van der Waals surface area (Å²) in [5.41, 5.74) is -1.75. The third-order valence-electron chi connectivity index (χ3n) is 5.79. The molecule has 1 N–H and O–H groups in total. The predicted molar refractivity (Wildman–Crippen MR) is 127 cm³/mol. The van der Waals surface area contributed by atoms with Gasteiger partial charge < -0.3 is 19.5 Å². The lowest BCUT2D eigenvalue weighted by Gasteiger charge is -2.18. The molecule has 0 saturated heterocycles. The van der Waals surface area contributed by atoms with Crippen LogP contribution in [0.15, 0.2) is 48.7 Å². The maximum absolute atomic E-state index is 14.7. The van der Waals surface area contributed by atoms with E-state index in [0.717, 1.165) is 37.2 Å². The standard InChI is InChI=1S/C27H25F5N2O4/c1-15(34-16(2)35)18-8-23(27(30,31)32)26(33-12-18)37-14-22-24(28)10-21(11-25(22)29)38-20-5-3-4-19(9-20)36-13-17-6-7-17/h3-5,8-12,15,17H,6-7,13-14H2,1-2H3,(H,34,35). The number of carbonyl (C=O) groups is 1. The second kappa shape index (κ2) is 11.2. The molecule has 0 radical (unpaired) electrons. The molecular weight excluding hydrogens is 511 g/mol. The quantitative estimate of drug-likeness (QED) is 0.291. The highest BCUT2D eigenvalue weighted by Crippen LogP contribution is 2.37. The molecule has 4 rings (SSSR count). The summed E-state index contributed by atoms with van der Waals surface area (Å²) in [6.07, 6.45) is -1.51. The summed E-state index contributed by atoms with van der Waals surface area (Å²) in [5, 5.41) is 2.46. The third kappa shape index (κ3) is 7.11. The minimum absolute atomic E-state index is 0.0840. The summed E-state index contributed by atoms with van der Waals surface area (Å²) in [4.78, 5) is 14.9. The monoisotopic (exact) mass is 536 g/mol. The number of carbonyl (C=O) groups excluding carboxylic acids is 1. The van der Waals surface area contributed by atoms with Crippen molar-refractivity contribution in [1.29, 1.82) is 0 Å². The van der Waals surface area contributed by atoms with Gasteiger partial charge in [-0.3, -0.25) is 4.79 Å². The van der Waals surface area contributed by atoms with Gasteiger partial charge in [0.15, 0.2) is 0 Å². The fourth-order valence-electron chi connectivity index (χ4n) is 3.59. The van der Waals surface area contributed by atoms with Crippen LogP contribution in [0.25, 0.3) is 0 Å². The molecule has 38 heavy (non-hydrogen) atoms. The molecule has 6 nitrogen and oxygen atoms in total. The molecule has 3 aromatic rings. The zero-order valence-electron chi connectivity index (χ0n) is 20.6. The maximum Gasteiger partial charge on any atom is 0.421 e. The molecule has 202 valence electrons. The number of pyridine rings is 1. The Kier molecular flexibility index (Phi) is 8.03. The van der Waals surface area contributed by atoms with Gasteiger partial charge in [-0.1, -0.05) is 6.07 Å². The molecule has 1 fully saturated rings. The predicted octanol–water partition coefficient (Wildman–Crippen LogP) is 6.74. The van der Waals surface area contributed by atoms with Gasteiger partial charge >= 0.3 is 6.18 Å². The average Bonchev–Trinajstić information content (AvgIpc) is 3.66. The van der Waals surface area contributed by atoms with Crippen LogP contribution < -0.4 is 19.5 Å². The normalized spacial score (nSPS) is 14.1. The maximum atomic E-state index is 14.7. The molecule has 2 aromatic carbocycles. The lowest BCUT2D eigenvalue weighted by atomic mass is 10.1. The molecule has 1 saturated carbocycles. The first-order chi connectivity index (χ1) is 18.0. The first-order valence-corrected chi connectivity index (χ1v) is 11.8. The van der Waals surface area contributed by atoms with Gasteiger partial charge in [0.25, 0.3) is 0 Å². The summed E-state index contributed by atoms with van der Waals surface area (Å²) in [6.45, 7) is 2.46. The van der Waals surface area contributed by atoms with Gasteiger partial charge in [0, 0.05) is 31.3 Å². The van der Waals surface area contributed by atoms with Crippen molar-refractivity contribution in [2.75, 3.05) is 6.61 Å². The van der Waals surface area contributed by atoms with Crippen molar-refractivity contribution >= 4 is 5.91 Å². The van der Waals surface area contributed by atoms with E-state index in [0.29, 0.717) is 24.0 Å². The summed E-state index contributed by atoms with van der Waals surface area (Å²) < 4.78 is 86.7. The number of nitrogens with zero attached hydrogens (tertiary/aromatic N) is 1. The highest BCUT2D eigenvalue weighted by molar-refractivity contribution is 5.73. The van der Waals surface area contributed by atoms with E-state index in [4.69, 9.17) is 14.2 Å². The van der Waals surface area contributed by atoms with Crippen LogP contribution in [0.1, 0.15) is 49.4 Å². The topological polar surface area (TPSA) is 69.7 Å². The largest absolute Gasteiger partial charge is 0.493 e. The Balaban J connectivity index is 1.47. The molecule has 1 heterocycles. The van der Waals surface area contributed by atoms with E-state index in [-0.39, 0.29) is 11.3 Å². The van der Waals surface area contributed by atoms with Crippen LogP contribution in [0.2, 0.25) is 0 Å². The van der Waals surface area contributed by atoms with Crippen molar-refractivity contribution in [3.8, 4) is 23.1 Å². The number of amides is 1. The second-order valence-corrected chi connectivity index (χ2v) is 9.03. The van der Waals surface area contributed by atoms with E-state index < -0.39 is 53.4 Å². The number of alkyl halides is 3. The van der Waals surface area contributed by atoms with E-state index in [9.17, 15) is 26.7 Å². The van der Waals surface area contributed by atoms with E-state index in [1.165, 1.54) is 13.8 Å². The number of nitrogens with one attached hydrogen (secondary N) is 1. The van der Waals surface area contributed by atoms with Crippen LogP contribution in [0.3, 0.4) is 0 Å². The first-order valence-electron chi connectivity index (χ1n) is 11.8. The first kappa shape index (κ1) is 27.2. The summed E-state index contributed by atoms with van der Waals surface area (Å²) >= 11 is 0. The van der Waals surface area contributed by atoms with Crippen molar-refractivity contribution in [2.24, 2.45) is 5.92 Å². The number of ether oxygens (including phenoxy) is 3. The van der Waals surface area contributed by atoms with Crippen LogP contribution in [0.5, 0.6) is 23.1 Å². The Morgan fingerprint density at radius 3 is 2.37 bits per heavy atom. The molecule has 1 unspecified atom stereocenters. The fourth-order valence-corrected chi connectivity index (χ4v) is 3.59. The minimum atomic E-state index is -4.86. The summed E-state index contributed by atoms with van der Waals surface area (Å²) in [7, 11) is 0. The van der Waals surface area contributed by atoms with Crippen molar-refractivity contribution in [1.82, 2.24) is 10.3 Å². The van der Waals surface area contributed by atoms with Gasteiger partial charge in [0.05, 0.1) is 18.2 Å². The third-order valence-corrected chi connectivity index (χ3v) is 5.79. The smallest absolute Gasteiger partial charge is 0.421 e. The molecule has 0 aliphatic heterocycles. The lowest BCUT2D eigenvalue weighted by molar-refractivity contribution is -0.139. The Morgan fingerprint density at radius 1 is 1.05 bits per heavy atom. The van der Waals surface area contributed by atoms with E-state index in [2.05, 4.69) is 10.3 Å². The number of benzene rings is 2. The number of rotatable bonds is 10. The van der Waals surface area contributed by atoms with Crippen LogP contribution >= 0.6 is 0 Å². The van der Waals surface area contributed by atoms with E-state index >= 15 is 0 Å². The zero-order valence-corrected chi connectivity index (χ0v) is 20.6. The molecule has 11 heteroatoms. The van der Waals surface area contributed by atoms with Gasteiger partial charge in [-0.25, -0.2) is 13.8 Å². The molecule has 0 bridgehead atoms. The van der Waals surface area contributed by atoms with E-state index in [1.54, 1.807) is 24.3 Å². The van der Waals surface area contributed by atoms with Crippen molar-refractivity contribution < 1.29 is 41.0 Å². The molecule has 1 atom stereocenters. The van der Waals surface area contributed by atoms with Gasteiger partial charge in [-0.05, 0) is 49.4 Å².